The summed E-state index contributed by atoms with van der Waals surface area (Å²) in [6.07, 6.45) is 4.29. The molecule has 0 N–H and O–H groups in total. The van der Waals surface area contributed by atoms with Crippen LogP contribution in [0.25, 0.3) is 10.8 Å². The predicted molar refractivity (Wildman–Crippen MR) is 128 cm³/mol. The van der Waals surface area contributed by atoms with Gasteiger partial charge in [0, 0.05) is 46.5 Å². The normalized spacial score (nSPS) is 12.9. The Balaban J connectivity index is 1.64. The molecule has 2 aromatic heterocycles. The van der Waals surface area contributed by atoms with Crippen molar-refractivity contribution < 1.29 is 9.59 Å². The molecule has 0 unspecified atom stereocenters. The van der Waals surface area contributed by atoms with E-state index in [1.54, 1.807) is 12.4 Å². The Morgan fingerprint density at radius 3 is 1.97 bits per heavy atom. The van der Waals surface area contributed by atoms with E-state index >= 15 is 0 Å². The van der Waals surface area contributed by atoms with E-state index in [9.17, 15) is 9.59 Å². The van der Waals surface area contributed by atoms with Gasteiger partial charge in [0.05, 0.1) is 24.5 Å². The molecule has 4 aromatic rings. The van der Waals surface area contributed by atoms with Crippen molar-refractivity contribution >= 4 is 28.3 Å². The van der Waals surface area contributed by atoms with Gasteiger partial charge in [-0.1, -0.05) is 31.2 Å². The number of hydrogen-bond donors (Lipinski definition) is 0. The number of carbonyl (C=O) groups is 2. The minimum Gasteiger partial charge on any atom is -0.359 e. The van der Waals surface area contributed by atoms with Crippen molar-refractivity contribution in [1.29, 1.82) is 0 Å². The first kappa shape index (κ1) is 20.8. The van der Waals surface area contributed by atoms with E-state index < -0.39 is 0 Å². The Morgan fingerprint density at radius 1 is 0.758 bits per heavy atom. The Morgan fingerprint density at radius 2 is 1.39 bits per heavy atom. The van der Waals surface area contributed by atoms with Crippen LogP contribution in [0.5, 0.6) is 0 Å². The summed E-state index contributed by atoms with van der Waals surface area (Å²) in [7, 11) is 0. The fourth-order valence-corrected chi connectivity index (χ4v) is 4.43. The van der Waals surface area contributed by atoms with Gasteiger partial charge in [-0.25, -0.2) is 0 Å². The standard InChI is InChI=1S/C27H24N4O2/c1-2-16-31-26(32)22-11-7-10-21-24(13-12-23(25(21)22)27(31)33)30(17-19-8-3-5-14-28-19)18-20-9-4-6-15-29-20/h3-15H,2,16-18H2,1H3. The SMILES string of the molecule is CCCN1C(=O)c2cccc3c(N(Cc4ccccn4)Cc4ccccn4)ccc(c23)C1=O. The quantitative estimate of drug-likeness (QED) is 0.388. The van der Waals surface area contributed by atoms with Crippen molar-refractivity contribution in [3.63, 3.8) is 0 Å². The van der Waals surface area contributed by atoms with E-state index in [0.717, 1.165) is 34.3 Å². The largest absolute Gasteiger partial charge is 0.359 e. The first-order chi connectivity index (χ1) is 16.2. The highest BCUT2D eigenvalue weighted by Crippen LogP contribution is 2.37. The second-order valence-electron chi connectivity index (χ2n) is 8.12. The van der Waals surface area contributed by atoms with E-state index in [0.29, 0.717) is 30.8 Å². The van der Waals surface area contributed by atoms with Gasteiger partial charge in [-0.3, -0.25) is 24.5 Å². The second-order valence-corrected chi connectivity index (χ2v) is 8.12. The van der Waals surface area contributed by atoms with Gasteiger partial charge in [-0.2, -0.15) is 0 Å². The van der Waals surface area contributed by atoms with Crippen LogP contribution in [0.2, 0.25) is 0 Å². The van der Waals surface area contributed by atoms with Crippen molar-refractivity contribution in [2.24, 2.45) is 0 Å². The average molecular weight is 437 g/mol. The lowest BCUT2D eigenvalue weighted by molar-refractivity contribution is 0.0610. The van der Waals surface area contributed by atoms with Gasteiger partial charge in [0.25, 0.3) is 11.8 Å². The molecule has 0 radical (unpaired) electrons. The number of carbonyl (C=O) groups excluding carboxylic acids is 2. The van der Waals surface area contributed by atoms with Crippen LogP contribution in [0.4, 0.5) is 5.69 Å². The number of hydrogen-bond acceptors (Lipinski definition) is 5. The number of anilines is 1. The minimum absolute atomic E-state index is 0.224. The highest BCUT2D eigenvalue weighted by atomic mass is 16.2. The van der Waals surface area contributed by atoms with Gasteiger partial charge in [-0.15, -0.1) is 0 Å². The topological polar surface area (TPSA) is 66.4 Å². The van der Waals surface area contributed by atoms with Crippen molar-refractivity contribution in [2.75, 3.05) is 11.4 Å². The maximum Gasteiger partial charge on any atom is 0.261 e. The van der Waals surface area contributed by atoms with E-state index in [-0.39, 0.29) is 11.8 Å². The fraction of sp³-hybridized carbons (Fsp3) is 0.185. The van der Waals surface area contributed by atoms with Gasteiger partial charge in [0.15, 0.2) is 0 Å². The lowest BCUT2D eigenvalue weighted by atomic mass is 9.92. The summed E-state index contributed by atoms with van der Waals surface area (Å²) in [6.45, 7) is 3.52. The van der Waals surface area contributed by atoms with E-state index in [1.807, 2.05) is 73.7 Å². The van der Waals surface area contributed by atoms with Gasteiger partial charge < -0.3 is 4.90 Å². The molecule has 0 saturated heterocycles. The maximum absolute atomic E-state index is 13.1. The van der Waals surface area contributed by atoms with E-state index in [2.05, 4.69) is 14.9 Å². The Kier molecular flexibility index (Phi) is 5.57. The monoisotopic (exact) mass is 436 g/mol. The van der Waals surface area contributed by atoms with Crippen LogP contribution in [0, 0.1) is 0 Å². The van der Waals surface area contributed by atoms with Gasteiger partial charge in [0.1, 0.15) is 0 Å². The van der Waals surface area contributed by atoms with Crippen molar-refractivity contribution in [3.8, 4) is 0 Å². The number of aromatic nitrogens is 2. The Bertz CT molecular complexity index is 1260. The van der Waals surface area contributed by atoms with E-state index in [1.165, 1.54) is 4.90 Å². The zero-order valence-corrected chi connectivity index (χ0v) is 18.4. The Labute approximate surface area is 192 Å². The second kappa shape index (κ2) is 8.82. The molecule has 0 fully saturated rings. The molecule has 6 nitrogen and oxygen atoms in total. The molecule has 1 aliphatic heterocycles. The van der Waals surface area contributed by atoms with Crippen LogP contribution in [0.15, 0.2) is 79.1 Å². The molecule has 2 amide bonds. The van der Waals surface area contributed by atoms with Gasteiger partial charge >= 0.3 is 0 Å². The number of nitrogens with zero attached hydrogens (tertiary/aromatic N) is 4. The van der Waals surface area contributed by atoms with Crippen molar-refractivity contribution in [1.82, 2.24) is 14.9 Å². The molecule has 2 aromatic carbocycles. The fourth-order valence-electron chi connectivity index (χ4n) is 4.43. The minimum atomic E-state index is -0.224. The third-order valence-electron chi connectivity index (χ3n) is 5.91. The van der Waals surface area contributed by atoms with Crippen LogP contribution in [-0.4, -0.2) is 33.2 Å². The number of imide groups is 1. The summed E-state index contributed by atoms with van der Waals surface area (Å²) < 4.78 is 0. The molecule has 6 heteroatoms. The third kappa shape index (κ3) is 3.84. The van der Waals surface area contributed by atoms with Gasteiger partial charge in [0.2, 0.25) is 0 Å². The molecule has 164 valence electrons. The summed E-state index contributed by atoms with van der Waals surface area (Å²) in [6, 6.07) is 21.2. The predicted octanol–water partition coefficient (Wildman–Crippen LogP) is 4.84. The zero-order valence-electron chi connectivity index (χ0n) is 18.4. The first-order valence-electron chi connectivity index (χ1n) is 11.1. The molecule has 0 bridgehead atoms. The molecular weight excluding hydrogens is 412 g/mol. The van der Waals surface area contributed by atoms with Crippen molar-refractivity contribution in [2.45, 2.75) is 26.4 Å². The summed E-state index contributed by atoms with van der Waals surface area (Å²) in [5, 5.41) is 1.61. The molecule has 33 heavy (non-hydrogen) atoms. The first-order valence-corrected chi connectivity index (χ1v) is 11.1. The lowest BCUT2D eigenvalue weighted by Crippen LogP contribution is -2.40. The molecule has 0 saturated carbocycles. The van der Waals surface area contributed by atoms with Crippen LogP contribution in [0.1, 0.15) is 45.4 Å². The van der Waals surface area contributed by atoms with Crippen LogP contribution in [0.3, 0.4) is 0 Å². The number of rotatable bonds is 7. The summed E-state index contributed by atoms with van der Waals surface area (Å²) >= 11 is 0. The van der Waals surface area contributed by atoms with E-state index in [4.69, 9.17) is 0 Å². The third-order valence-corrected chi connectivity index (χ3v) is 5.91. The summed E-state index contributed by atoms with van der Waals surface area (Å²) in [4.78, 5) is 38.8. The Hall–Kier alpha value is -4.06. The molecule has 1 aliphatic rings. The summed E-state index contributed by atoms with van der Waals surface area (Å²) in [5.41, 5.74) is 3.95. The highest BCUT2D eigenvalue weighted by Gasteiger charge is 2.33. The lowest BCUT2D eigenvalue weighted by Gasteiger charge is -2.30. The summed E-state index contributed by atoms with van der Waals surface area (Å²) in [5.74, 6) is -0.448. The number of pyridine rings is 2. The highest BCUT2D eigenvalue weighted by molar-refractivity contribution is 6.26. The van der Waals surface area contributed by atoms with Crippen molar-refractivity contribution in [3.05, 3.63) is 102 Å². The molecule has 0 aliphatic carbocycles. The van der Waals surface area contributed by atoms with Crippen LogP contribution < -0.4 is 4.90 Å². The van der Waals surface area contributed by atoms with Crippen LogP contribution in [-0.2, 0) is 13.1 Å². The maximum atomic E-state index is 13.1. The van der Waals surface area contributed by atoms with Crippen LogP contribution >= 0.6 is 0 Å². The number of amides is 2. The number of benzene rings is 2. The molecule has 5 rings (SSSR count). The molecule has 0 atom stereocenters. The molecule has 3 heterocycles. The van der Waals surface area contributed by atoms with Gasteiger partial charge in [-0.05, 0) is 48.9 Å². The molecular formula is C27H24N4O2. The zero-order chi connectivity index (χ0) is 22.8. The average Bonchev–Trinajstić information content (AvgIpc) is 2.85. The smallest absolute Gasteiger partial charge is 0.261 e. The molecule has 0 spiro atoms.